The van der Waals surface area contributed by atoms with Gasteiger partial charge in [0.1, 0.15) is 28.8 Å². The third-order valence-electron chi connectivity index (χ3n) is 10.9. The van der Waals surface area contributed by atoms with Crippen molar-refractivity contribution in [3.8, 4) is 5.75 Å². The molecule has 1 amide bonds. The van der Waals surface area contributed by atoms with Crippen LogP contribution in [-0.4, -0.2) is 115 Å². The number of aliphatic hydroxyl groups is 2. The standard InChI is InChI=1S/C40H51FN14O5S/c1-24(2)60-35-34(27(19-42)20-43)45-22-55-38(35)49-39(51-55)48-33-9-7-29(18-31(33)41)61(59)54-15-5-6-28(21-54)40(57,58)53-16-12-26(13-17-53)32-10-8-30-36(50-52(4)37(30)47-32)46-25(3)11-14-44-23-56/h7-10,18-20,22-24,26,28,42,57-58H,3,5-6,11-17,21,43H2,1-2,4H3,(H,44,56)(H,46,50)(H,48,51)/b27-20+,42-19?. The highest BCUT2D eigenvalue weighted by Gasteiger charge is 2.45. The van der Waals surface area contributed by atoms with E-state index in [-0.39, 0.29) is 46.5 Å². The first-order chi connectivity index (χ1) is 29.3. The van der Waals surface area contributed by atoms with E-state index < -0.39 is 28.6 Å². The number of likely N-dealkylation sites (tertiary alicyclic amines) is 1. The third kappa shape index (κ3) is 9.25. The second kappa shape index (κ2) is 18.4. The third-order valence-corrected chi connectivity index (χ3v) is 12.4. The fraction of sp³-hybridized carbons (Fsp3) is 0.425. The molecule has 2 unspecified atom stereocenters. The van der Waals surface area contributed by atoms with Gasteiger partial charge in [-0.3, -0.25) is 9.69 Å². The van der Waals surface area contributed by atoms with Crippen LogP contribution in [0.1, 0.15) is 63.3 Å². The van der Waals surface area contributed by atoms with E-state index in [9.17, 15) is 19.2 Å². The minimum absolute atomic E-state index is 0.0443. The quantitative estimate of drug-likeness (QED) is 0.0307. The van der Waals surface area contributed by atoms with E-state index in [1.807, 2.05) is 33.0 Å². The zero-order valence-corrected chi connectivity index (χ0v) is 35.0. The number of hydrogen-bond donors (Lipinski definition) is 7. The number of carbonyl (C=O) groups excluding carboxylic acids is 1. The lowest BCUT2D eigenvalue weighted by Crippen LogP contribution is -2.59. The Morgan fingerprint density at radius 2 is 1.93 bits per heavy atom. The van der Waals surface area contributed by atoms with Crippen molar-refractivity contribution in [2.45, 2.75) is 68.8 Å². The van der Waals surface area contributed by atoms with E-state index in [0.717, 1.165) is 17.3 Å². The van der Waals surface area contributed by atoms with Crippen LogP contribution in [0, 0.1) is 17.1 Å². The lowest BCUT2D eigenvalue weighted by atomic mass is 9.89. The van der Waals surface area contributed by atoms with Crippen LogP contribution < -0.4 is 26.4 Å². The molecule has 6 heterocycles. The number of benzene rings is 1. The number of fused-ring (bicyclic) bond motifs is 2. The van der Waals surface area contributed by atoms with Crippen molar-refractivity contribution in [3.63, 3.8) is 0 Å². The van der Waals surface area contributed by atoms with Crippen LogP contribution in [0.15, 0.2) is 60.0 Å². The summed E-state index contributed by atoms with van der Waals surface area (Å²) in [5.74, 6) is -2.41. The van der Waals surface area contributed by atoms with Crippen LogP contribution in [0.25, 0.3) is 22.3 Å². The fourth-order valence-corrected chi connectivity index (χ4v) is 9.06. The van der Waals surface area contributed by atoms with Crippen molar-refractivity contribution >= 4 is 63.3 Å². The van der Waals surface area contributed by atoms with Crippen LogP contribution in [0.4, 0.5) is 21.8 Å². The SMILES string of the molecule is C=C(CCNC=O)Nc1nn(C)c2nc(C3CCN(C(O)(O)C4CCCN(S(=O)c5ccc(Nc6nc7c(OC(C)C)c(/C(C=N)=C/N)ncn7n6)c(F)c5)C4)CC3)ccc12. The largest absolute Gasteiger partial charge is 0.485 e. The Balaban J connectivity index is 0.973. The smallest absolute Gasteiger partial charge is 0.247 e. The molecule has 4 aromatic heterocycles. The first kappa shape index (κ1) is 43.2. The number of aryl methyl sites for hydroxylation is 1. The first-order valence-electron chi connectivity index (χ1n) is 20.0. The Kier molecular flexibility index (Phi) is 13.0. The Labute approximate surface area is 354 Å². The highest BCUT2D eigenvalue weighted by Crippen LogP contribution is 2.37. The number of ether oxygens (including phenoxy) is 1. The molecule has 0 bridgehead atoms. The second-order valence-corrected chi connectivity index (χ2v) is 16.9. The number of carbonyl (C=O) groups is 1. The zero-order valence-electron chi connectivity index (χ0n) is 34.2. The molecular weight excluding hydrogens is 808 g/mol. The molecule has 2 fully saturated rings. The summed E-state index contributed by atoms with van der Waals surface area (Å²) in [6.07, 6.45) is 7.03. The maximum atomic E-state index is 15.6. The number of piperidine rings is 2. The van der Waals surface area contributed by atoms with E-state index in [1.165, 1.54) is 29.2 Å². The number of pyridine rings is 1. The van der Waals surface area contributed by atoms with Crippen LogP contribution in [-0.2, 0) is 22.8 Å². The highest BCUT2D eigenvalue weighted by molar-refractivity contribution is 7.82. The molecule has 8 N–H and O–H groups in total. The van der Waals surface area contributed by atoms with E-state index in [2.05, 4.69) is 42.7 Å². The van der Waals surface area contributed by atoms with E-state index in [0.29, 0.717) is 93.1 Å². The second-order valence-electron chi connectivity index (χ2n) is 15.4. The van der Waals surface area contributed by atoms with Gasteiger partial charge < -0.3 is 42.0 Å². The molecule has 0 aliphatic carbocycles. The van der Waals surface area contributed by atoms with Crippen LogP contribution in [0.3, 0.4) is 0 Å². The van der Waals surface area contributed by atoms with Gasteiger partial charge in [-0.1, -0.05) is 6.58 Å². The predicted octanol–water partition coefficient (Wildman–Crippen LogP) is 3.34. The van der Waals surface area contributed by atoms with Gasteiger partial charge in [-0.25, -0.2) is 27.6 Å². The van der Waals surface area contributed by atoms with Gasteiger partial charge in [0, 0.05) is 87.4 Å². The maximum Gasteiger partial charge on any atom is 0.247 e. The maximum absolute atomic E-state index is 15.6. The van der Waals surface area contributed by atoms with Crippen LogP contribution in [0.5, 0.6) is 5.75 Å². The number of nitrogens with one attached hydrogen (secondary N) is 4. The lowest BCUT2D eigenvalue weighted by molar-refractivity contribution is -0.303. The summed E-state index contributed by atoms with van der Waals surface area (Å²) in [5.41, 5.74) is 8.98. The Hall–Kier alpha value is -5.87. The number of allylic oxidation sites excluding steroid dienone is 1. The average Bonchev–Trinajstić information content (AvgIpc) is 3.81. The molecule has 21 heteroatoms. The van der Waals surface area contributed by atoms with Gasteiger partial charge in [0.05, 0.1) is 22.1 Å². The summed E-state index contributed by atoms with van der Waals surface area (Å²) in [4.78, 5) is 26.3. The molecule has 2 saturated heterocycles. The molecule has 0 radical (unpaired) electrons. The molecule has 0 saturated carbocycles. The molecule has 2 aliphatic heterocycles. The van der Waals surface area contributed by atoms with Gasteiger partial charge in [-0.15, -0.1) is 5.10 Å². The number of anilines is 3. The fourth-order valence-electron chi connectivity index (χ4n) is 7.76. The summed E-state index contributed by atoms with van der Waals surface area (Å²) in [5, 5.41) is 49.4. The summed E-state index contributed by atoms with van der Waals surface area (Å²) >= 11 is 0. The highest BCUT2D eigenvalue weighted by atomic mass is 32.2. The lowest BCUT2D eigenvalue weighted by Gasteiger charge is -2.46. The van der Waals surface area contributed by atoms with E-state index in [1.54, 1.807) is 20.0 Å². The van der Waals surface area contributed by atoms with Crippen LogP contribution in [0.2, 0.25) is 0 Å². The van der Waals surface area contributed by atoms with Crippen molar-refractivity contribution in [2.24, 2.45) is 18.7 Å². The number of aromatic nitrogens is 7. The number of rotatable bonds is 17. The van der Waals surface area contributed by atoms with Gasteiger partial charge in [0.2, 0.25) is 23.9 Å². The van der Waals surface area contributed by atoms with E-state index >= 15 is 4.39 Å². The van der Waals surface area contributed by atoms with Gasteiger partial charge in [0.25, 0.3) is 0 Å². The summed E-state index contributed by atoms with van der Waals surface area (Å²) in [6.45, 7) is 9.56. The normalized spacial score (nSPS) is 17.8. The Morgan fingerprint density at radius 1 is 1.15 bits per heavy atom. The van der Waals surface area contributed by atoms with Crippen molar-refractivity contribution in [1.29, 1.82) is 5.41 Å². The topological polar surface area (TPSA) is 250 Å². The minimum Gasteiger partial charge on any atom is -0.485 e. The molecule has 7 rings (SSSR count). The Morgan fingerprint density at radius 3 is 2.64 bits per heavy atom. The molecule has 2 atom stereocenters. The number of halogens is 1. The molecule has 0 spiro atoms. The molecule has 2 aliphatic rings. The number of nitrogens with zero attached hydrogens (tertiary/aromatic N) is 9. The average molecular weight is 859 g/mol. The molecule has 5 aromatic rings. The minimum atomic E-state index is -2.14. The first-order valence-corrected chi connectivity index (χ1v) is 21.1. The van der Waals surface area contributed by atoms with Crippen molar-refractivity contribution in [3.05, 3.63) is 72.3 Å². The van der Waals surface area contributed by atoms with Crippen molar-refractivity contribution < 1.29 is 28.3 Å². The summed E-state index contributed by atoms with van der Waals surface area (Å²) in [6, 6.07) is 8.15. The molecule has 1 aromatic carbocycles. The van der Waals surface area contributed by atoms with E-state index in [4.69, 9.17) is 20.9 Å². The predicted molar refractivity (Wildman–Crippen MR) is 229 cm³/mol. The number of amides is 1. The zero-order chi connectivity index (χ0) is 43.4. The van der Waals surface area contributed by atoms with Crippen molar-refractivity contribution in [2.75, 3.05) is 43.4 Å². The molecular formula is C40H51FN14O5S. The van der Waals surface area contributed by atoms with Gasteiger partial charge in [0.15, 0.2) is 17.2 Å². The molecule has 19 nitrogen and oxygen atoms in total. The summed E-state index contributed by atoms with van der Waals surface area (Å²) in [7, 11) is 0.0423. The van der Waals surface area contributed by atoms with Crippen molar-refractivity contribution in [1.82, 2.24) is 48.9 Å². The van der Waals surface area contributed by atoms with Gasteiger partial charge >= 0.3 is 0 Å². The molecule has 61 heavy (non-hydrogen) atoms. The van der Waals surface area contributed by atoms with Gasteiger partial charge in [-0.2, -0.15) is 14.6 Å². The number of nitrogens with two attached hydrogens (primary N) is 1. The number of hydrogen-bond acceptors (Lipinski definition) is 15. The monoisotopic (exact) mass is 858 g/mol. The molecule has 324 valence electrons. The Bertz CT molecular complexity index is 2480. The van der Waals surface area contributed by atoms with Crippen LogP contribution >= 0.6 is 0 Å². The summed E-state index contributed by atoms with van der Waals surface area (Å²) < 4.78 is 40.2. The van der Waals surface area contributed by atoms with Gasteiger partial charge in [-0.05, 0) is 69.9 Å².